The fraction of sp³-hybridized carbons (Fsp3) is 0.0800. The maximum atomic E-state index is 13.4. The Kier molecular flexibility index (Phi) is 6.62. The van der Waals surface area contributed by atoms with Crippen molar-refractivity contribution in [2.24, 2.45) is 17.1 Å². The molecule has 5 rings (SSSR count). The van der Waals surface area contributed by atoms with Crippen LogP contribution in [0.5, 0.6) is 0 Å². The summed E-state index contributed by atoms with van der Waals surface area (Å²) in [7, 11) is 1.85. The lowest BCUT2D eigenvalue weighted by atomic mass is 10.2. The fourth-order valence-electron chi connectivity index (χ4n) is 3.61. The summed E-state index contributed by atoms with van der Waals surface area (Å²) < 4.78 is 5.13. The number of nitrogens with zero attached hydrogens (tertiary/aromatic N) is 5. The van der Waals surface area contributed by atoms with Crippen LogP contribution in [0.4, 0.5) is 5.69 Å². The molecule has 0 aliphatic heterocycles. The van der Waals surface area contributed by atoms with Crippen LogP contribution in [0.25, 0.3) is 16.3 Å². The first-order valence-corrected chi connectivity index (χ1v) is 13.1. The van der Waals surface area contributed by atoms with Crippen molar-refractivity contribution in [2.45, 2.75) is 6.92 Å². The molecule has 0 spiro atoms. The van der Waals surface area contributed by atoms with E-state index in [-0.39, 0.29) is 5.56 Å². The number of thiophene rings is 1. The summed E-state index contributed by atoms with van der Waals surface area (Å²) in [5.41, 5.74) is 3.14. The van der Waals surface area contributed by atoms with E-state index in [4.69, 9.17) is 28.2 Å². The van der Waals surface area contributed by atoms with E-state index in [1.807, 2.05) is 67.2 Å². The number of para-hydroxylation sites is 1. The Morgan fingerprint density at radius 1 is 0.943 bits per heavy atom. The SMILES string of the molecule is Cc1c(N=c2scc(-c3cccs3)n2N=Cc2c(Cl)cccc2Cl)c(=O)n(-c2ccccc2)n1C. The predicted octanol–water partition coefficient (Wildman–Crippen LogP) is 6.50. The van der Waals surface area contributed by atoms with Crippen molar-refractivity contribution in [1.29, 1.82) is 0 Å². The van der Waals surface area contributed by atoms with Gasteiger partial charge in [0.2, 0.25) is 4.80 Å². The summed E-state index contributed by atoms with van der Waals surface area (Å²) in [5, 5.41) is 9.66. The number of benzene rings is 2. The van der Waals surface area contributed by atoms with Crippen molar-refractivity contribution in [3.05, 3.63) is 108 Å². The highest BCUT2D eigenvalue weighted by atomic mass is 35.5. The third-order valence-corrected chi connectivity index (χ3v) is 7.86. The van der Waals surface area contributed by atoms with Crippen LogP contribution in [-0.2, 0) is 7.05 Å². The van der Waals surface area contributed by atoms with E-state index in [1.54, 1.807) is 49.8 Å². The number of hydrogen-bond acceptors (Lipinski definition) is 5. The second kappa shape index (κ2) is 9.83. The zero-order valence-corrected chi connectivity index (χ0v) is 21.9. The fourth-order valence-corrected chi connectivity index (χ4v) is 5.74. The van der Waals surface area contributed by atoms with Gasteiger partial charge < -0.3 is 0 Å². The Hall–Kier alpha value is -3.17. The third kappa shape index (κ3) is 4.46. The maximum Gasteiger partial charge on any atom is 0.297 e. The average Bonchev–Trinajstić information content (AvgIpc) is 3.56. The number of halogens is 2. The monoisotopic (exact) mass is 539 g/mol. The zero-order chi connectivity index (χ0) is 24.5. The van der Waals surface area contributed by atoms with Crippen LogP contribution in [0.1, 0.15) is 11.3 Å². The van der Waals surface area contributed by atoms with Gasteiger partial charge in [-0.25, -0.2) is 14.4 Å². The Labute approximate surface area is 219 Å². The van der Waals surface area contributed by atoms with Gasteiger partial charge in [-0.05, 0) is 42.6 Å². The van der Waals surface area contributed by atoms with E-state index in [2.05, 4.69) is 5.10 Å². The molecular formula is C25H19Cl2N5OS2. The summed E-state index contributed by atoms with van der Waals surface area (Å²) >= 11 is 15.7. The molecular weight excluding hydrogens is 521 g/mol. The second-order valence-corrected chi connectivity index (χ2v) is 10.2. The molecule has 0 amide bonds. The molecule has 0 saturated carbocycles. The van der Waals surface area contributed by atoms with Crippen LogP contribution in [0, 0.1) is 6.92 Å². The van der Waals surface area contributed by atoms with Gasteiger partial charge in [0, 0.05) is 18.0 Å². The summed E-state index contributed by atoms with van der Waals surface area (Å²) in [6, 6.07) is 18.8. The average molecular weight is 541 g/mol. The molecule has 0 unspecified atom stereocenters. The summed E-state index contributed by atoms with van der Waals surface area (Å²) in [6.07, 6.45) is 1.62. The van der Waals surface area contributed by atoms with Crippen LogP contribution >= 0.6 is 45.9 Å². The maximum absolute atomic E-state index is 13.4. The van der Waals surface area contributed by atoms with Gasteiger partial charge in [0.25, 0.3) is 5.56 Å². The van der Waals surface area contributed by atoms with E-state index in [9.17, 15) is 4.79 Å². The Bertz CT molecular complexity index is 1640. The first-order chi connectivity index (χ1) is 17.0. The minimum Gasteiger partial charge on any atom is -0.283 e. The highest BCUT2D eigenvalue weighted by Crippen LogP contribution is 2.27. The number of hydrogen-bond donors (Lipinski definition) is 0. The molecule has 0 radical (unpaired) electrons. The van der Waals surface area contributed by atoms with Crippen molar-refractivity contribution in [2.75, 3.05) is 0 Å². The van der Waals surface area contributed by atoms with E-state index in [0.29, 0.717) is 26.1 Å². The summed E-state index contributed by atoms with van der Waals surface area (Å²) in [4.78, 5) is 19.8. The molecule has 0 aliphatic carbocycles. The Balaban J connectivity index is 1.70. The lowest BCUT2D eigenvalue weighted by molar-refractivity contribution is 0.630. The molecule has 0 N–H and O–H groups in total. The van der Waals surface area contributed by atoms with Gasteiger partial charge in [-0.3, -0.25) is 9.48 Å². The minimum atomic E-state index is -0.202. The molecule has 0 atom stereocenters. The first kappa shape index (κ1) is 23.6. The lowest BCUT2D eigenvalue weighted by Gasteiger charge is -2.07. The van der Waals surface area contributed by atoms with Gasteiger partial charge >= 0.3 is 0 Å². The summed E-state index contributed by atoms with van der Waals surface area (Å²) in [5.74, 6) is 0. The standard InChI is InChI=1S/C25H19Cl2N5OS2/c1-16-23(24(33)32(30(16)2)17-8-4-3-5-9-17)29-25-31(21(15-35-25)22-12-7-13-34-22)28-14-18-19(26)10-6-11-20(18)27/h3-15H,1-2H3. The van der Waals surface area contributed by atoms with Crippen LogP contribution in [0.15, 0.2) is 86.3 Å². The molecule has 0 fully saturated rings. The molecule has 3 heterocycles. The predicted molar refractivity (Wildman–Crippen MR) is 146 cm³/mol. The first-order valence-electron chi connectivity index (χ1n) is 10.6. The van der Waals surface area contributed by atoms with Crippen molar-refractivity contribution in [3.63, 3.8) is 0 Å². The Morgan fingerprint density at radius 2 is 1.69 bits per heavy atom. The quantitative estimate of drug-likeness (QED) is 0.235. The largest absolute Gasteiger partial charge is 0.297 e. The topological polar surface area (TPSA) is 56.6 Å². The van der Waals surface area contributed by atoms with Gasteiger partial charge in [-0.2, -0.15) is 5.10 Å². The van der Waals surface area contributed by atoms with Crippen molar-refractivity contribution >= 4 is 57.8 Å². The van der Waals surface area contributed by atoms with Crippen LogP contribution in [0.2, 0.25) is 10.0 Å². The molecule has 0 aliphatic rings. The molecule has 176 valence electrons. The molecule has 5 aromatic rings. The minimum absolute atomic E-state index is 0.202. The molecule has 35 heavy (non-hydrogen) atoms. The van der Waals surface area contributed by atoms with Gasteiger partial charge in [0.15, 0.2) is 5.69 Å². The van der Waals surface area contributed by atoms with Crippen LogP contribution in [0.3, 0.4) is 0 Å². The molecule has 10 heteroatoms. The van der Waals surface area contributed by atoms with Crippen molar-refractivity contribution < 1.29 is 0 Å². The molecule has 3 aromatic heterocycles. The highest BCUT2D eigenvalue weighted by molar-refractivity contribution is 7.14. The second-order valence-electron chi connectivity index (χ2n) is 7.59. The normalized spacial score (nSPS) is 12.2. The zero-order valence-electron chi connectivity index (χ0n) is 18.7. The summed E-state index contributed by atoms with van der Waals surface area (Å²) in [6.45, 7) is 1.88. The van der Waals surface area contributed by atoms with Gasteiger partial charge in [-0.15, -0.1) is 22.7 Å². The van der Waals surface area contributed by atoms with Crippen molar-refractivity contribution in [3.8, 4) is 16.3 Å². The van der Waals surface area contributed by atoms with Gasteiger partial charge in [0.1, 0.15) is 0 Å². The molecule has 2 aromatic carbocycles. The van der Waals surface area contributed by atoms with Crippen molar-refractivity contribution in [1.82, 2.24) is 14.0 Å². The van der Waals surface area contributed by atoms with Crippen LogP contribution < -0.4 is 10.4 Å². The molecule has 0 bridgehead atoms. The van der Waals surface area contributed by atoms with E-state index in [0.717, 1.165) is 22.0 Å². The third-order valence-electron chi connectivity index (χ3n) is 5.49. The highest BCUT2D eigenvalue weighted by Gasteiger charge is 2.17. The van der Waals surface area contributed by atoms with Crippen LogP contribution in [-0.4, -0.2) is 20.3 Å². The lowest BCUT2D eigenvalue weighted by Crippen LogP contribution is -2.19. The van der Waals surface area contributed by atoms with Gasteiger partial charge in [0.05, 0.1) is 38.2 Å². The van der Waals surface area contributed by atoms with Gasteiger partial charge in [-0.1, -0.05) is 53.5 Å². The van der Waals surface area contributed by atoms with E-state index < -0.39 is 0 Å². The number of thiazole rings is 1. The Morgan fingerprint density at radius 3 is 2.37 bits per heavy atom. The van der Waals surface area contributed by atoms with E-state index in [1.165, 1.54) is 11.3 Å². The molecule has 6 nitrogen and oxygen atoms in total. The molecule has 0 saturated heterocycles. The smallest absolute Gasteiger partial charge is 0.283 e. The van der Waals surface area contributed by atoms with E-state index >= 15 is 0 Å². The number of rotatable bonds is 5. The number of aromatic nitrogens is 3.